The largest absolute Gasteiger partial charge is 0.344 e. The summed E-state index contributed by atoms with van der Waals surface area (Å²) in [4.78, 5) is 2.24. The van der Waals surface area contributed by atoms with E-state index in [0.717, 1.165) is 5.56 Å². The summed E-state index contributed by atoms with van der Waals surface area (Å²) in [6.45, 7) is 0. The van der Waals surface area contributed by atoms with Gasteiger partial charge in [-0.1, -0.05) is 48.5 Å². The van der Waals surface area contributed by atoms with E-state index in [-0.39, 0.29) is 0 Å². The van der Waals surface area contributed by atoms with Gasteiger partial charge in [0.05, 0.1) is 11.6 Å². The molecule has 0 spiro atoms. The number of para-hydroxylation sites is 2. The lowest BCUT2D eigenvalue weighted by Gasteiger charge is -2.31. The van der Waals surface area contributed by atoms with Gasteiger partial charge in [-0.15, -0.1) is 0 Å². The average molecular weight is 308 g/mol. The highest BCUT2D eigenvalue weighted by Crippen LogP contribution is 2.44. The summed E-state index contributed by atoms with van der Waals surface area (Å²) in [6.07, 6.45) is 2.20. The molecule has 114 valence electrons. The second-order valence-corrected chi connectivity index (χ2v) is 5.89. The maximum atomic E-state index is 8.97. The fourth-order valence-corrected chi connectivity index (χ4v) is 3.24. The minimum Gasteiger partial charge on any atom is -0.344 e. The summed E-state index contributed by atoms with van der Waals surface area (Å²) in [5, 5.41) is 8.97. The smallest absolute Gasteiger partial charge is 0.0991 e. The summed E-state index contributed by atoms with van der Waals surface area (Å²) < 4.78 is 0. The topological polar surface area (TPSA) is 27.0 Å². The van der Waals surface area contributed by atoms with E-state index in [1.165, 1.54) is 28.1 Å². The van der Waals surface area contributed by atoms with Gasteiger partial charge >= 0.3 is 0 Å². The molecule has 0 atom stereocenters. The third-order valence-corrected chi connectivity index (χ3v) is 4.46. The zero-order valence-electron chi connectivity index (χ0n) is 13.4. The van der Waals surface area contributed by atoms with Crippen LogP contribution in [0.3, 0.4) is 0 Å². The Morgan fingerprint density at radius 3 is 1.88 bits per heavy atom. The Bertz CT molecular complexity index is 926. The first-order valence-electron chi connectivity index (χ1n) is 7.92. The molecule has 1 aliphatic heterocycles. The maximum Gasteiger partial charge on any atom is 0.0991 e. The normalized spacial score (nSPS) is 12.2. The first-order chi connectivity index (χ1) is 11.8. The number of rotatable bonds is 1. The van der Waals surface area contributed by atoms with Crippen molar-refractivity contribution in [1.29, 1.82) is 5.26 Å². The van der Waals surface area contributed by atoms with E-state index in [9.17, 15) is 0 Å². The Kier molecular flexibility index (Phi) is 3.40. The summed E-state index contributed by atoms with van der Waals surface area (Å²) in [6, 6.07) is 26.8. The van der Waals surface area contributed by atoms with Gasteiger partial charge in [0.2, 0.25) is 0 Å². The van der Waals surface area contributed by atoms with E-state index >= 15 is 0 Å². The molecule has 0 fully saturated rings. The molecule has 0 saturated heterocycles. The van der Waals surface area contributed by atoms with Gasteiger partial charge < -0.3 is 4.90 Å². The standard InChI is InChI=1S/C22H16N2/c1-24-21-8-4-2-6-18(21)20(19-7-3-5-9-22(19)24)14-16-10-12-17(15-23)13-11-16/h2-14H,1H3. The molecule has 2 heteroatoms. The molecule has 3 aromatic carbocycles. The highest BCUT2D eigenvalue weighted by Gasteiger charge is 2.23. The van der Waals surface area contributed by atoms with Crippen molar-refractivity contribution in [3.05, 3.63) is 95.1 Å². The van der Waals surface area contributed by atoms with E-state index in [1.54, 1.807) is 0 Å². The number of nitriles is 1. The molecule has 0 unspecified atom stereocenters. The molecule has 2 nitrogen and oxygen atoms in total. The lowest BCUT2D eigenvalue weighted by molar-refractivity contribution is 1.17. The van der Waals surface area contributed by atoms with Crippen molar-refractivity contribution in [2.75, 3.05) is 11.9 Å². The molecule has 0 radical (unpaired) electrons. The van der Waals surface area contributed by atoms with Crippen molar-refractivity contribution < 1.29 is 0 Å². The predicted octanol–water partition coefficient (Wildman–Crippen LogP) is 5.23. The molecule has 1 heterocycles. The fraction of sp³-hybridized carbons (Fsp3) is 0.0455. The lowest BCUT2D eigenvalue weighted by atomic mass is 9.89. The number of anilines is 2. The van der Waals surface area contributed by atoms with Gasteiger partial charge in [0, 0.05) is 29.5 Å². The van der Waals surface area contributed by atoms with E-state index < -0.39 is 0 Å². The average Bonchev–Trinajstić information content (AvgIpc) is 2.65. The van der Waals surface area contributed by atoms with Gasteiger partial charge in [-0.2, -0.15) is 5.26 Å². The third kappa shape index (κ3) is 2.28. The summed E-state index contributed by atoms with van der Waals surface area (Å²) in [7, 11) is 2.11. The van der Waals surface area contributed by atoms with Crippen LogP contribution in [0.25, 0.3) is 11.6 Å². The molecule has 0 N–H and O–H groups in total. The predicted molar refractivity (Wildman–Crippen MR) is 99.1 cm³/mol. The van der Waals surface area contributed by atoms with Crippen LogP contribution in [-0.2, 0) is 0 Å². The van der Waals surface area contributed by atoms with Gasteiger partial charge in [0.15, 0.2) is 0 Å². The number of benzene rings is 3. The highest BCUT2D eigenvalue weighted by molar-refractivity contribution is 6.03. The zero-order valence-corrected chi connectivity index (χ0v) is 13.4. The first kappa shape index (κ1) is 14.3. The molecule has 0 amide bonds. The molecule has 3 aromatic rings. The van der Waals surface area contributed by atoms with Crippen LogP contribution in [-0.4, -0.2) is 7.05 Å². The van der Waals surface area contributed by atoms with Crippen molar-refractivity contribution >= 4 is 23.0 Å². The van der Waals surface area contributed by atoms with Crippen molar-refractivity contribution in [2.24, 2.45) is 0 Å². The molecule has 0 saturated carbocycles. The van der Waals surface area contributed by atoms with Crippen molar-refractivity contribution in [1.82, 2.24) is 0 Å². The Morgan fingerprint density at radius 1 is 0.792 bits per heavy atom. The Labute approximate surface area is 141 Å². The maximum absolute atomic E-state index is 8.97. The quantitative estimate of drug-likeness (QED) is 0.615. The van der Waals surface area contributed by atoms with Gasteiger partial charge in [-0.3, -0.25) is 0 Å². The SMILES string of the molecule is CN1c2ccccc2C(=Cc2ccc(C#N)cc2)c2ccccc21. The second kappa shape index (κ2) is 5.72. The number of hydrogen-bond acceptors (Lipinski definition) is 2. The molecule has 4 rings (SSSR count). The van der Waals surface area contributed by atoms with Gasteiger partial charge in [0.25, 0.3) is 0 Å². The van der Waals surface area contributed by atoms with Crippen LogP contribution < -0.4 is 4.90 Å². The van der Waals surface area contributed by atoms with E-state index in [1.807, 2.05) is 24.3 Å². The molecule has 0 bridgehead atoms. The van der Waals surface area contributed by atoms with Gasteiger partial charge in [-0.05, 0) is 41.5 Å². The molecule has 0 aliphatic carbocycles. The van der Waals surface area contributed by atoms with Crippen LogP contribution in [0.2, 0.25) is 0 Å². The summed E-state index contributed by atoms with van der Waals surface area (Å²) >= 11 is 0. The van der Waals surface area contributed by atoms with Crippen LogP contribution in [0, 0.1) is 11.3 Å². The third-order valence-electron chi connectivity index (χ3n) is 4.46. The van der Waals surface area contributed by atoms with Crippen molar-refractivity contribution in [3.63, 3.8) is 0 Å². The van der Waals surface area contributed by atoms with Crippen LogP contribution in [0.1, 0.15) is 22.3 Å². The second-order valence-electron chi connectivity index (χ2n) is 5.89. The minimum atomic E-state index is 0.682. The Hall–Kier alpha value is -3.31. The van der Waals surface area contributed by atoms with Crippen molar-refractivity contribution in [2.45, 2.75) is 0 Å². The molecule has 1 aliphatic rings. The lowest BCUT2D eigenvalue weighted by Crippen LogP contribution is -2.17. The number of hydrogen-bond donors (Lipinski definition) is 0. The van der Waals surface area contributed by atoms with Crippen molar-refractivity contribution in [3.8, 4) is 6.07 Å². The minimum absolute atomic E-state index is 0.682. The fourth-order valence-electron chi connectivity index (χ4n) is 3.24. The van der Waals surface area contributed by atoms with E-state index in [4.69, 9.17) is 5.26 Å². The van der Waals surface area contributed by atoms with Crippen LogP contribution >= 0.6 is 0 Å². The van der Waals surface area contributed by atoms with E-state index in [2.05, 4.69) is 72.6 Å². The molecular formula is C22H16N2. The van der Waals surface area contributed by atoms with Gasteiger partial charge in [0.1, 0.15) is 0 Å². The van der Waals surface area contributed by atoms with Crippen LogP contribution in [0.5, 0.6) is 0 Å². The highest BCUT2D eigenvalue weighted by atomic mass is 15.1. The first-order valence-corrected chi connectivity index (χ1v) is 7.92. The number of nitrogens with zero attached hydrogens (tertiary/aromatic N) is 2. The molecule has 24 heavy (non-hydrogen) atoms. The number of fused-ring (bicyclic) bond motifs is 2. The molecular weight excluding hydrogens is 292 g/mol. The monoisotopic (exact) mass is 308 g/mol. The van der Waals surface area contributed by atoms with Crippen LogP contribution in [0.4, 0.5) is 11.4 Å². The Balaban J connectivity index is 1.93. The van der Waals surface area contributed by atoms with E-state index in [0.29, 0.717) is 5.56 Å². The summed E-state index contributed by atoms with van der Waals surface area (Å²) in [5.74, 6) is 0. The molecule has 0 aromatic heterocycles. The van der Waals surface area contributed by atoms with Crippen LogP contribution in [0.15, 0.2) is 72.8 Å². The Morgan fingerprint density at radius 2 is 1.33 bits per heavy atom. The zero-order chi connectivity index (χ0) is 16.5. The van der Waals surface area contributed by atoms with Gasteiger partial charge in [-0.25, -0.2) is 0 Å². The summed E-state index contributed by atoms with van der Waals surface area (Å²) in [5.41, 5.74) is 7.85.